The Hall–Kier alpha value is -3.29. The molecule has 0 aromatic heterocycles. The fourth-order valence-electron chi connectivity index (χ4n) is 2.04. The molecule has 2 aromatic rings. The van der Waals surface area contributed by atoms with Crippen molar-refractivity contribution in [2.24, 2.45) is 0 Å². The van der Waals surface area contributed by atoms with Gasteiger partial charge in [-0.2, -0.15) is 4.39 Å². The van der Waals surface area contributed by atoms with E-state index in [0.717, 1.165) is 17.7 Å². The number of hydrogen-bond acceptors (Lipinski definition) is 5. The lowest BCUT2D eigenvalue weighted by molar-refractivity contribution is -0.387. The number of carbonyl (C=O) groups excluding carboxylic acids is 2. The van der Waals surface area contributed by atoms with Gasteiger partial charge in [0.05, 0.1) is 4.92 Å². The van der Waals surface area contributed by atoms with Crippen molar-refractivity contribution in [3.63, 3.8) is 0 Å². The number of rotatable bonds is 7. The van der Waals surface area contributed by atoms with Gasteiger partial charge in [-0.3, -0.25) is 19.7 Å². The van der Waals surface area contributed by atoms with E-state index in [4.69, 9.17) is 4.74 Å². The third-order valence-electron chi connectivity index (χ3n) is 3.25. The predicted octanol–water partition coefficient (Wildman–Crippen LogP) is 2.85. The zero-order chi connectivity index (χ0) is 18.2. The molecule has 0 aliphatic rings. The molecule has 0 radical (unpaired) electrons. The summed E-state index contributed by atoms with van der Waals surface area (Å²) in [4.78, 5) is 33.1. The number of hydrogen-bond donors (Lipinski definition) is 1. The quantitative estimate of drug-likeness (QED) is 0.472. The van der Waals surface area contributed by atoms with Crippen LogP contribution in [0, 0.1) is 15.9 Å². The van der Waals surface area contributed by atoms with E-state index < -0.39 is 34.9 Å². The van der Waals surface area contributed by atoms with E-state index in [1.165, 1.54) is 6.07 Å². The molecular weight excluding hydrogens is 331 g/mol. The molecule has 2 aromatic carbocycles. The van der Waals surface area contributed by atoms with Crippen LogP contribution < -0.4 is 5.32 Å². The maximum absolute atomic E-state index is 13.2. The number of carbonyl (C=O) groups is 2. The summed E-state index contributed by atoms with van der Waals surface area (Å²) in [5.74, 6) is -2.21. The number of nitrogens with zero attached hydrogens (tertiary/aromatic N) is 1. The first-order valence-electron chi connectivity index (χ1n) is 7.39. The zero-order valence-corrected chi connectivity index (χ0v) is 13.1. The molecule has 7 nitrogen and oxygen atoms in total. The molecule has 0 bridgehead atoms. The fourth-order valence-corrected chi connectivity index (χ4v) is 2.04. The second-order valence-electron chi connectivity index (χ2n) is 5.12. The molecule has 0 aliphatic carbocycles. The van der Waals surface area contributed by atoms with Gasteiger partial charge in [0, 0.05) is 18.2 Å². The lowest BCUT2D eigenvalue weighted by Crippen LogP contribution is -2.21. The monoisotopic (exact) mass is 346 g/mol. The van der Waals surface area contributed by atoms with E-state index in [1.54, 1.807) is 0 Å². The van der Waals surface area contributed by atoms with Crippen molar-refractivity contribution in [1.29, 1.82) is 0 Å². The maximum Gasteiger partial charge on any atom is 0.306 e. The molecule has 0 saturated heterocycles. The maximum atomic E-state index is 13.2. The second kappa shape index (κ2) is 8.53. The predicted molar refractivity (Wildman–Crippen MR) is 87.4 cm³/mol. The van der Waals surface area contributed by atoms with Crippen LogP contribution in [-0.4, -0.2) is 23.4 Å². The molecule has 8 heteroatoms. The Morgan fingerprint density at radius 3 is 2.56 bits per heavy atom. The molecule has 0 aliphatic heterocycles. The van der Waals surface area contributed by atoms with Gasteiger partial charge in [-0.15, -0.1) is 0 Å². The zero-order valence-electron chi connectivity index (χ0n) is 13.1. The molecular formula is C17H15FN2O5. The summed E-state index contributed by atoms with van der Waals surface area (Å²) in [6, 6.07) is 12.3. The van der Waals surface area contributed by atoms with Crippen molar-refractivity contribution in [1.82, 2.24) is 0 Å². The summed E-state index contributed by atoms with van der Waals surface area (Å²) < 4.78 is 18.1. The summed E-state index contributed by atoms with van der Waals surface area (Å²) in [5.41, 5.74) is 0.263. The van der Waals surface area contributed by atoms with Gasteiger partial charge in [-0.05, 0) is 24.1 Å². The van der Waals surface area contributed by atoms with Crippen LogP contribution >= 0.6 is 0 Å². The van der Waals surface area contributed by atoms with Crippen LogP contribution in [0.3, 0.4) is 0 Å². The molecule has 1 N–H and O–H groups in total. The number of anilines is 1. The van der Waals surface area contributed by atoms with E-state index in [-0.39, 0.29) is 12.1 Å². The number of nitrogens with one attached hydrogen (secondary N) is 1. The summed E-state index contributed by atoms with van der Waals surface area (Å²) in [6.45, 7) is -0.529. The van der Waals surface area contributed by atoms with Gasteiger partial charge in [-0.1, -0.05) is 30.3 Å². The molecule has 0 atom stereocenters. The number of nitro benzene ring substituents is 1. The summed E-state index contributed by atoms with van der Waals surface area (Å²) in [7, 11) is 0. The highest BCUT2D eigenvalue weighted by Crippen LogP contribution is 2.21. The molecule has 130 valence electrons. The molecule has 0 saturated carbocycles. The minimum absolute atomic E-state index is 0.0402. The van der Waals surface area contributed by atoms with E-state index in [2.05, 4.69) is 5.32 Å². The van der Waals surface area contributed by atoms with Crippen molar-refractivity contribution in [2.45, 2.75) is 12.8 Å². The first-order chi connectivity index (χ1) is 12.0. The van der Waals surface area contributed by atoms with Gasteiger partial charge in [0.25, 0.3) is 5.91 Å². The van der Waals surface area contributed by atoms with Gasteiger partial charge in [-0.25, -0.2) is 0 Å². The highest BCUT2D eigenvalue weighted by atomic mass is 19.1. The Bertz CT molecular complexity index is 780. The largest absolute Gasteiger partial charge is 0.456 e. The second-order valence-corrected chi connectivity index (χ2v) is 5.12. The topological polar surface area (TPSA) is 98.5 Å². The van der Waals surface area contributed by atoms with Gasteiger partial charge >= 0.3 is 11.7 Å². The Morgan fingerprint density at radius 2 is 1.88 bits per heavy atom. The van der Waals surface area contributed by atoms with E-state index >= 15 is 0 Å². The summed E-state index contributed by atoms with van der Waals surface area (Å²) in [5, 5.41) is 13.0. The van der Waals surface area contributed by atoms with Crippen LogP contribution in [0.2, 0.25) is 0 Å². The molecule has 0 unspecified atom stereocenters. The smallest absolute Gasteiger partial charge is 0.306 e. The van der Waals surface area contributed by atoms with Gasteiger partial charge in [0.1, 0.15) is 0 Å². The van der Waals surface area contributed by atoms with Gasteiger partial charge in [0.15, 0.2) is 6.61 Å². The van der Waals surface area contributed by atoms with Crippen LogP contribution in [0.1, 0.15) is 12.0 Å². The molecule has 0 spiro atoms. The molecule has 0 fully saturated rings. The van der Waals surface area contributed by atoms with Crippen LogP contribution in [0.4, 0.5) is 15.8 Å². The van der Waals surface area contributed by atoms with Gasteiger partial charge in [0.2, 0.25) is 5.82 Å². The van der Waals surface area contributed by atoms with Crippen molar-refractivity contribution < 1.29 is 23.6 Å². The first-order valence-corrected chi connectivity index (χ1v) is 7.39. The van der Waals surface area contributed by atoms with Crippen LogP contribution in [0.15, 0.2) is 48.5 Å². The minimum atomic E-state index is -1.00. The summed E-state index contributed by atoms with van der Waals surface area (Å²) in [6.07, 6.45) is 0.616. The molecule has 2 rings (SSSR count). The molecule has 0 heterocycles. The molecule has 1 amide bonds. The number of amides is 1. The molecule has 25 heavy (non-hydrogen) atoms. The number of halogens is 1. The third kappa shape index (κ3) is 5.69. The van der Waals surface area contributed by atoms with E-state index in [1.807, 2.05) is 30.3 Å². The Balaban J connectivity index is 1.79. The number of benzene rings is 2. The lowest BCUT2D eigenvalue weighted by atomic mass is 10.1. The Kier molecular flexibility index (Phi) is 6.16. The highest BCUT2D eigenvalue weighted by Gasteiger charge is 2.15. The van der Waals surface area contributed by atoms with Crippen LogP contribution in [0.5, 0.6) is 0 Å². The summed E-state index contributed by atoms with van der Waals surface area (Å²) >= 11 is 0. The Morgan fingerprint density at radius 1 is 1.16 bits per heavy atom. The first kappa shape index (κ1) is 18.1. The normalized spacial score (nSPS) is 10.1. The van der Waals surface area contributed by atoms with Crippen molar-refractivity contribution >= 4 is 23.3 Å². The Labute approximate surface area is 142 Å². The SMILES string of the molecule is O=C(COC(=O)CCc1ccccc1)Nc1ccc(F)c([N+](=O)[O-])c1. The van der Waals surface area contributed by atoms with Gasteiger partial charge < -0.3 is 10.1 Å². The standard InChI is InChI=1S/C17H15FN2O5/c18-14-8-7-13(10-15(14)20(23)24)19-16(21)11-25-17(22)9-6-12-4-2-1-3-5-12/h1-5,7-8,10H,6,9,11H2,(H,19,21). The van der Waals surface area contributed by atoms with Crippen molar-refractivity contribution in [3.05, 3.63) is 70.0 Å². The number of aryl methyl sites for hydroxylation is 1. The van der Waals surface area contributed by atoms with Crippen LogP contribution in [0.25, 0.3) is 0 Å². The van der Waals surface area contributed by atoms with Crippen molar-refractivity contribution in [3.8, 4) is 0 Å². The minimum Gasteiger partial charge on any atom is -0.456 e. The lowest BCUT2D eigenvalue weighted by Gasteiger charge is -2.07. The average Bonchev–Trinajstić information content (AvgIpc) is 2.60. The number of esters is 1. The number of nitro groups is 1. The van der Waals surface area contributed by atoms with E-state index in [0.29, 0.717) is 6.42 Å². The fraction of sp³-hybridized carbons (Fsp3) is 0.176. The van der Waals surface area contributed by atoms with E-state index in [9.17, 15) is 24.1 Å². The highest BCUT2D eigenvalue weighted by molar-refractivity contribution is 5.93. The van der Waals surface area contributed by atoms with Crippen LogP contribution in [-0.2, 0) is 20.7 Å². The third-order valence-corrected chi connectivity index (χ3v) is 3.25. The number of ether oxygens (including phenoxy) is 1. The van der Waals surface area contributed by atoms with Crippen molar-refractivity contribution in [2.75, 3.05) is 11.9 Å². The average molecular weight is 346 g/mol.